The summed E-state index contributed by atoms with van der Waals surface area (Å²) in [5, 5.41) is 11.7. The minimum absolute atomic E-state index is 0.0766. The lowest BCUT2D eigenvalue weighted by molar-refractivity contribution is -0.142. The molecular formula is C12H19N5O4S. The van der Waals surface area contributed by atoms with Gasteiger partial charge in [-0.05, 0) is 19.4 Å². The van der Waals surface area contributed by atoms with Gasteiger partial charge in [-0.25, -0.2) is 9.78 Å². The molecule has 1 aromatic rings. The Bertz CT molecular complexity index is 482. The number of nitrogens with zero attached hydrogens (tertiary/aromatic N) is 2. The molecule has 0 radical (unpaired) electrons. The lowest BCUT2D eigenvalue weighted by Crippen LogP contribution is -2.45. The number of aromatic nitrogens is 2. The molecule has 0 saturated heterocycles. The molecule has 2 atom stereocenters. The number of hydrogen-bond donors (Lipinski definition) is 4. The molecule has 0 aliphatic carbocycles. The average molecular weight is 329 g/mol. The summed E-state index contributed by atoms with van der Waals surface area (Å²) in [4.78, 5) is 40.3. The van der Waals surface area contributed by atoms with Crippen LogP contribution in [0.1, 0.15) is 18.5 Å². The van der Waals surface area contributed by atoms with Crippen molar-refractivity contribution < 1.29 is 14.7 Å². The molecule has 0 spiro atoms. The van der Waals surface area contributed by atoms with Gasteiger partial charge in [-0.15, -0.1) is 4.91 Å². The van der Waals surface area contributed by atoms with Gasteiger partial charge in [0, 0.05) is 40.8 Å². The summed E-state index contributed by atoms with van der Waals surface area (Å²) in [6, 6.07) is -1.08. The number of carboxylic acid groups (broad SMARTS) is 1. The number of imidazole rings is 1. The van der Waals surface area contributed by atoms with Crippen LogP contribution in [0.3, 0.4) is 0 Å². The van der Waals surface area contributed by atoms with Crippen molar-refractivity contribution in [3.05, 3.63) is 23.1 Å². The average Bonchev–Trinajstić information content (AvgIpc) is 2.99. The third-order valence-electron chi connectivity index (χ3n) is 3.04. The number of H-pyrrole nitrogens is 1. The van der Waals surface area contributed by atoms with Gasteiger partial charge in [0.15, 0.2) is 0 Å². The summed E-state index contributed by atoms with van der Waals surface area (Å²) in [6.45, 7) is 0.415. The van der Waals surface area contributed by atoms with Crippen LogP contribution >= 0.6 is 11.9 Å². The van der Waals surface area contributed by atoms with E-state index >= 15 is 0 Å². The molecule has 1 amide bonds. The van der Waals surface area contributed by atoms with Crippen LogP contribution in [0.4, 0.5) is 0 Å². The standard InChI is InChI=1S/C12H19N5O4S/c13-3-1-2-8(6-22-17-21)11(18)16-10(12(19)20)4-9-5-14-7-15-9/h5,7-8,10H,1-4,6,13H2,(H,14,15)(H,16,18)(H,19,20)/t8-,10+/m1/s1. The Kier molecular flexibility index (Phi) is 8.15. The fourth-order valence-corrected chi connectivity index (χ4v) is 2.43. The van der Waals surface area contributed by atoms with Gasteiger partial charge in [-0.1, -0.05) is 0 Å². The minimum Gasteiger partial charge on any atom is -0.480 e. The number of nitrogens with one attached hydrogen (secondary N) is 2. The van der Waals surface area contributed by atoms with Gasteiger partial charge >= 0.3 is 5.97 Å². The molecular weight excluding hydrogens is 310 g/mol. The van der Waals surface area contributed by atoms with Crippen LogP contribution < -0.4 is 11.1 Å². The summed E-state index contributed by atoms with van der Waals surface area (Å²) < 4.78 is 2.67. The van der Waals surface area contributed by atoms with Crippen LogP contribution in [-0.4, -0.2) is 45.3 Å². The van der Waals surface area contributed by atoms with E-state index in [1.165, 1.54) is 6.33 Å². The molecule has 5 N–H and O–H groups in total. The minimum atomic E-state index is -1.14. The van der Waals surface area contributed by atoms with Crippen molar-refractivity contribution in [2.24, 2.45) is 16.2 Å². The Balaban J connectivity index is 2.65. The first-order chi connectivity index (χ1) is 10.6. The molecule has 122 valence electrons. The topological polar surface area (TPSA) is 151 Å². The number of nitroso groups, excluding NO2 is 1. The highest BCUT2D eigenvalue weighted by Crippen LogP contribution is 2.15. The largest absolute Gasteiger partial charge is 0.480 e. The first-order valence-corrected chi connectivity index (χ1v) is 7.68. The monoisotopic (exact) mass is 329 g/mol. The molecule has 10 heteroatoms. The third kappa shape index (κ3) is 6.22. The fraction of sp³-hybridized carbons (Fsp3) is 0.583. The van der Waals surface area contributed by atoms with E-state index in [2.05, 4.69) is 19.9 Å². The quantitative estimate of drug-likeness (QED) is 0.336. The summed E-state index contributed by atoms with van der Waals surface area (Å²) in [5.41, 5.74) is 5.95. The van der Waals surface area contributed by atoms with Crippen LogP contribution in [0.2, 0.25) is 0 Å². The van der Waals surface area contributed by atoms with E-state index in [1.807, 2.05) is 0 Å². The Morgan fingerprint density at radius 2 is 2.32 bits per heavy atom. The molecule has 1 aromatic heterocycles. The molecule has 9 nitrogen and oxygen atoms in total. The van der Waals surface area contributed by atoms with Crippen LogP contribution in [0.5, 0.6) is 0 Å². The molecule has 22 heavy (non-hydrogen) atoms. The molecule has 0 aliphatic heterocycles. The Morgan fingerprint density at radius 1 is 1.55 bits per heavy atom. The van der Waals surface area contributed by atoms with Gasteiger partial charge in [0.05, 0.1) is 12.0 Å². The maximum Gasteiger partial charge on any atom is 0.326 e. The van der Waals surface area contributed by atoms with E-state index in [4.69, 9.17) is 5.73 Å². The SMILES string of the molecule is NCCC[C@H](CSN=O)C(=O)N[C@@H](Cc1c[nH]cn1)C(=O)O. The number of nitrogens with two attached hydrogens (primary N) is 1. The first-order valence-electron chi connectivity index (χ1n) is 6.74. The van der Waals surface area contributed by atoms with Gasteiger partial charge in [0.1, 0.15) is 6.04 Å². The van der Waals surface area contributed by atoms with Crippen LogP contribution in [0, 0.1) is 10.8 Å². The molecule has 1 rings (SSSR count). The first kappa shape index (κ1) is 18.1. The van der Waals surface area contributed by atoms with Gasteiger partial charge < -0.3 is 21.1 Å². The Labute approximate surface area is 131 Å². The summed E-state index contributed by atoms with van der Waals surface area (Å²) in [7, 11) is 0. The maximum atomic E-state index is 12.2. The van der Waals surface area contributed by atoms with Crippen molar-refractivity contribution in [3.63, 3.8) is 0 Å². The second-order valence-corrected chi connectivity index (χ2v) is 5.40. The maximum absolute atomic E-state index is 12.2. The fourth-order valence-electron chi connectivity index (χ4n) is 1.88. The smallest absolute Gasteiger partial charge is 0.326 e. The van der Waals surface area contributed by atoms with Crippen LogP contribution in [-0.2, 0) is 16.0 Å². The van der Waals surface area contributed by atoms with E-state index in [0.717, 1.165) is 11.9 Å². The number of hydrogen-bond acceptors (Lipinski definition) is 7. The van der Waals surface area contributed by atoms with E-state index in [1.54, 1.807) is 6.20 Å². The number of aromatic amines is 1. The molecule has 0 aliphatic rings. The Morgan fingerprint density at radius 3 is 2.86 bits per heavy atom. The van der Waals surface area contributed by atoms with Gasteiger partial charge in [0.25, 0.3) is 0 Å². The number of amides is 1. The highest BCUT2D eigenvalue weighted by molar-refractivity contribution is 7.97. The van der Waals surface area contributed by atoms with Crippen LogP contribution in [0.25, 0.3) is 0 Å². The number of aliphatic carboxylic acids is 1. The van der Waals surface area contributed by atoms with E-state index in [-0.39, 0.29) is 12.2 Å². The predicted octanol–water partition coefficient (Wildman–Crippen LogP) is 0.291. The normalized spacial score (nSPS) is 13.3. The van der Waals surface area contributed by atoms with Crippen molar-refractivity contribution in [1.82, 2.24) is 15.3 Å². The predicted molar refractivity (Wildman–Crippen MR) is 81.9 cm³/mol. The number of rotatable bonds is 11. The molecule has 0 aromatic carbocycles. The zero-order valence-corrected chi connectivity index (χ0v) is 12.7. The number of carbonyl (C=O) groups is 2. The van der Waals surface area contributed by atoms with Gasteiger partial charge in [-0.2, -0.15) is 0 Å². The lowest BCUT2D eigenvalue weighted by atomic mass is 10.0. The Hall–Kier alpha value is -1.94. The van der Waals surface area contributed by atoms with Gasteiger partial charge in [-0.3, -0.25) is 4.79 Å². The third-order valence-corrected chi connectivity index (χ3v) is 3.70. The molecule has 0 unspecified atom stereocenters. The summed E-state index contributed by atoms with van der Waals surface area (Å²) in [5.74, 6) is -1.88. The van der Waals surface area contributed by atoms with Crippen LogP contribution in [0.15, 0.2) is 17.1 Å². The number of carboxylic acids is 1. The van der Waals surface area contributed by atoms with E-state index < -0.39 is 23.8 Å². The van der Waals surface area contributed by atoms with Crippen molar-refractivity contribution in [2.45, 2.75) is 25.3 Å². The molecule has 0 saturated carbocycles. The van der Waals surface area contributed by atoms with Crippen molar-refractivity contribution in [2.75, 3.05) is 12.3 Å². The number of carbonyl (C=O) groups excluding carboxylic acids is 1. The summed E-state index contributed by atoms with van der Waals surface area (Å²) in [6.07, 6.45) is 4.16. The zero-order valence-electron chi connectivity index (χ0n) is 11.9. The highest BCUT2D eigenvalue weighted by atomic mass is 32.2. The van der Waals surface area contributed by atoms with E-state index in [0.29, 0.717) is 25.1 Å². The van der Waals surface area contributed by atoms with Gasteiger partial charge in [0.2, 0.25) is 5.91 Å². The van der Waals surface area contributed by atoms with Crippen molar-refractivity contribution in [1.29, 1.82) is 0 Å². The lowest BCUT2D eigenvalue weighted by Gasteiger charge is -2.18. The second kappa shape index (κ2) is 9.90. The van der Waals surface area contributed by atoms with E-state index in [9.17, 15) is 19.6 Å². The molecule has 0 bridgehead atoms. The van der Waals surface area contributed by atoms with Crippen molar-refractivity contribution in [3.8, 4) is 0 Å². The van der Waals surface area contributed by atoms with Crippen molar-refractivity contribution >= 4 is 23.8 Å². The molecule has 0 fully saturated rings. The zero-order chi connectivity index (χ0) is 16.4. The second-order valence-electron chi connectivity index (χ2n) is 4.66. The highest BCUT2D eigenvalue weighted by Gasteiger charge is 2.26. The molecule has 1 heterocycles. The summed E-state index contributed by atoms with van der Waals surface area (Å²) >= 11 is 0.739.